The predicted octanol–water partition coefficient (Wildman–Crippen LogP) is 3.94. The molecule has 0 bridgehead atoms. The largest absolute Gasteiger partial charge is 0.311 e. The fraction of sp³-hybridized carbons (Fsp3) is 0.625. The van der Waals surface area contributed by atoms with Crippen molar-refractivity contribution in [1.29, 1.82) is 0 Å². The SMILES string of the molecule is CC(C)[C@H]1CC[C@@H](C)C[C@@H]1O[P@@](N)(=O)c1ccccc1. The highest BCUT2D eigenvalue weighted by Crippen LogP contribution is 2.45. The van der Waals surface area contributed by atoms with Gasteiger partial charge in [-0.05, 0) is 42.7 Å². The Bertz CT molecular complexity index is 475. The molecule has 1 aliphatic rings. The van der Waals surface area contributed by atoms with Crippen molar-refractivity contribution >= 4 is 12.8 Å². The number of nitrogens with two attached hydrogens (primary N) is 1. The van der Waals surface area contributed by atoms with Crippen molar-refractivity contribution in [2.45, 2.75) is 46.1 Å². The van der Waals surface area contributed by atoms with Crippen LogP contribution in [0.25, 0.3) is 0 Å². The van der Waals surface area contributed by atoms with Gasteiger partial charge in [-0.15, -0.1) is 0 Å². The van der Waals surface area contributed by atoms with Crippen molar-refractivity contribution in [3.05, 3.63) is 30.3 Å². The summed E-state index contributed by atoms with van der Waals surface area (Å²) >= 11 is 0. The van der Waals surface area contributed by atoms with Crippen LogP contribution in [0.5, 0.6) is 0 Å². The average Bonchev–Trinajstić information content (AvgIpc) is 2.39. The first-order chi connectivity index (χ1) is 9.40. The Balaban J connectivity index is 2.15. The normalized spacial score (nSPS) is 30.1. The number of rotatable bonds is 4. The maximum absolute atomic E-state index is 12.7. The molecule has 4 heteroatoms. The maximum Gasteiger partial charge on any atom is 0.297 e. The molecule has 1 aromatic rings. The zero-order chi connectivity index (χ0) is 14.8. The van der Waals surface area contributed by atoms with Crippen LogP contribution in [0.2, 0.25) is 0 Å². The Labute approximate surface area is 122 Å². The first-order valence-corrected chi connectivity index (χ1v) is 9.22. The van der Waals surface area contributed by atoms with E-state index >= 15 is 0 Å². The smallest absolute Gasteiger partial charge is 0.297 e. The van der Waals surface area contributed by atoms with Gasteiger partial charge in [0.25, 0.3) is 7.52 Å². The van der Waals surface area contributed by atoms with Crippen molar-refractivity contribution in [3.8, 4) is 0 Å². The molecule has 3 nitrogen and oxygen atoms in total. The summed E-state index contributed by atoms with van der Waals surface area (Å²) in [7, 11) is -3.22. The van der Waals surface area contributed by atoms with Crippen molar-refractivity contribution < 1.29 is 9.09 Å². The molecule has 0 radical (unpaired) electrons. The van der Waals surface area contributed by atoms with Crippen LogP contribution in [0.1, 0.15) is 40.0 Å². The molecule has 0 amide bonds. The molecule has 2 rings (SSSR count). The van der Waals surface area contributed by atoms with Crippen molar-refractivity contribution in [1.82, 2.24) is 0 Å². The van der Waals surface area contributed by atoms with Gasteiger partial charge in [0.1, 0.15) is 0 Å². The Morgan fingerprint density at radius 3 is 2.50 bits per heavy atom. The van der Waals surface area contributed by atoms with Crippen molar-refractivity contribution in [3.63, 3.8) is 0 Å². The van der Waals surface area contributed by atoms with Crippen LogP contribution in [0.4, 0.5) is 0 Å². The monoisotopic (exact) mass is 295 g/mol. The molecule has 1 saturated carbocycles. The van der Waals surface area contributed by atoms with Gasteiger partial charge in [0.2, 0.25) is 0 Å². The molecule has 0 saturated heterocycles. The van der Waals surface area contributed by atoms with Crippen LogP contribution in [0, 0.1) is 17.8 Å². The Morgan fingerprint density at radius 1 is 1.25 bits per heavy atom. The topological polar surface area (TPSA) is 52.3 Å². The van der Waals surface area contributed by atoms with E-state index < -0.39 is 7.52 Å². The number of hydrogen-bond donors (Lipinski definition) is 1. The van der Waals surface area contributed by atoms with E-state index in [1.807, 2.05) is 18.2 Å². The lowest BCUT2D eigenvalue weighted by Gasteiger charge is -2.38. The molecule has 112 valence electrons. The van der Waals surface area contributed by atoms with E-state index in [1.165, 1.54) is 6.42 Å². The van der Waals surface area contributed by atoms with Gasteiger partial charge in [0.15, 0.2) is 0 Å². The third kappa shape index (κ3) is 3.72. The molecular formula is C16H26NO2P. The van der Waals surface area contributed by atoms with Crippen LogP contribution >= 0.6 is 7.52 Å². The molecule has 0 aliphatic heterocycles. The fourth-order valence-corrected chi connectivity index (χ4v) is 4.49. The van der Waals surface area contributed by atoms with E-state index in [1.54, 1.807) is 12.1 Å². The molecule has 0 unspecified atom stereocenters. The average molecular weight is 295 g/mol. The summed E-state index contributed by atoms with van der Waals surface area (Å²) in [6.45, 7) is 6.65. The van der Waals surface area contributed by atoms with Crippen LogP contribution in [-0.2, 0) is 9.09 Å². The summed E-state index contributed by atoms with van der Waals surface area (Å²) in [5.41, 5.74) is 6.01. The van der Waals surface area contributed by atoms with Crippen LogP contribution in [0.15, 0.2) is 30.3 Å². The highest BCUT2D eigenvalue weighted by atomic mass is 31.2. The molecule has 2 N–H and O–H groups in total. The van der Waals surface area contributed by atoms with Gasteiger partial charge in [-0.1, -0.05) is 45.4 Å². The van der Waals surface area contributed by atoms with E-state index in [4.69, 9.17) is 10.0 Å². The molecule has 0 aromatic heterocycles. The van der Waals surface area contributed by atoms with Gasteiger partial charge in [0, 0.05) is 0 Å². The van der Waals surface area contributed by atoms with Crippen LogP contribution in [0.3, 0.4) is 0 Å². The van der Waals surface area contributed by atoms with E-state index in [0.717, 1.165) is 12.8 Å². The Kier molecular flexibility index (Phi) is 5.06. The summed E-state index contributed by atoms with van der Waals surface area (Å²) < 4.78 is 18.7. The van der Waals surface area contributed by atoms with E-state index in [2.05, 4.69) is 20.8 Å². The quantitative estimate of drug-likeness (QED) is 0.856. The second-order valence-electron chi connectivity index (χ2n) is 6.40. The van der Waals surface area contributed by atoms with Gasteiger partial charge in [-0.3, -0.25) is 10.1 Å². The number of benzene rings is 1. The van der Waals surface area contributed by atoms with Crippen molar-refractivity contribution in [2.24, 2.45) is 23.3 Å². The third-order valence-electron chi connectivity index (χ3n) is 4.37. The lowest BCUT2D eigenvalue weighted by molar-refractivity contribution is 0.0498. The van der Waals surface area contributed by atoms with E-state index in [0.29, 0.717) is 23.1 Å². The third-order valence-corrected chi connectivity index (χ3v) is 5.97. The van der Waals surface area contributed by atoms with E-state index in [9.17, 15) is 4.57 Å². The molecule has 4 atom stereocenters. The lowest BCUT2D eigenvalue weighted by Crippen LogP contribution is -2.35. The molecule has 1 fully saturated rings. The Hall–Kier alpha value is -0.630. The van der Waals surface area contributed by atoms with Crippen LogP contribution in [-0.4, -0.2) is 6.10 Å². The number of hydrogen-bond acceptors (Lipinski definition) is 2. The summed E-state index contributed by atoms with van der Waals surface area (Å²) in [6, 6.07) is 9.17. The second-order valence-corrected chi connectivity index (χ2v) is 8.32. The molecule has 20 heavy (non-hydrogen) atoms. The first kappa shape index (κ1) is 15.8. The van der Waals surface area contributed by atoms with Crippen LogP contribution < -0.4 is 10.8 Å². The zero-order valence-corrected chi connectivity index (χ0v) is 13.6. The molecule has 0 heterocycles. The molecule has 1 aliphatic carbocycles. The maximum atomic E-state index is 12.7. The minimum atomic E-state index is -3.22. The minimum Gasteiger partial charge on any atom is -0.311 e. The summed E-state index contributed by atoms with van der Waals surface area (Å²) in [5, 5.41) is 0.612. The van der Waals surface area contributed by atoms with E-state index in [-0.39, 0.29) is 6.10 Å². The summed E-state index contributed by atoms with van der Waals surface area (Å²) in [4.78, 5) is 0. The molecule has 1 aromatic carbocycles. The lowest BCUT2D eigenvalue weighted by atomic mass is 9.75. The van der Waals surface area contributed by atoms with Gasteiger partial charge in [0.05, 0.1) is 11.4 Å². The highest BCUT2D eigenvalue weighted by molar-refractivity contribution is 7.64. The molecule has 0 spiro atoms. The fourth-order valence-electron chi connectivity index (χ4n) is 3.13. The molecular weight excluding hydrogens is 269 g/mol. The van der Waals surface area contributed by atoms with Gasteiger partial charge in [-0.25, -0.2) is 0 Å². The Morgan fingerprint density at radius 2 is 1.90 bits per heavy atom. The second kappa shape index (κ2) is 6.43. The van der Waals surface area contributed by atoms with Crippen molar-refractivity contribution in [2.75, 3.05) is 0 Å². The summed E-state index contributed by atoms with van der Waals surface area (Å²) in [6.07, 6.45) is 3.33. The zero-order valence-electron chi connectivity index (χ0n) is 12.7. The summed E-state index contributed by atoms with van der Waals surface area (Å²) in [5.74, 6) is 1.60. The van der Waals surface area contributed by atoms with Gasteiger partial charge in [-0.2, -0.15) is 0 Å². The predicted molar refractivity (Wildman–Crippen MR) is 84.1 cm³/mol. The van der Waals surface area contributed by atoms with Gasteiger partial charge < -0.3 is 4.52 Å². The van der Waals surface area contributed by atoms with Gasteiger partial charge >= 0.3 is 0 Å². The standard InChI is InChI=1S/C16H26NO2P/c1-12(2)15-10-9-13(3)11-16(15)19-20(17,18)14-7-5-4-6-8-14/h4-8,12-13,15-16H,9-11H2,1-3H3,(H2,17,18)/t13-,15-,16+,20+/m1/s1. The first-order valence-electron chi connectivity index (χ1n) is 7.53. The highest BCUT2D eigenvalue weighted by Gasteiger charge is 2.36. The minimum absolute atomic E-state index is 0.00906.